The Kier molecular flexibility index (Phi) is 7.26. The first-order chi connectivity index (χ1) is 12.4. The molecule has 0 saturated heterocycles. The second kappa shape index (κ2) is 8.75. The van der Waals surface area contributed by atoms with Crippen LogP contribution < -0.4 is 35.3 Å². The van der Waals surface area contributed by atoms with Gasteiger partial charge in [-0.3, -0.25) is 0 Å². The Morgan fingerprint density at radius 1 is 1.04 bits per heavy atom. The molecular weight excluding hydrogens is 450 g/mol. The molecule has 2 aromatic rings. The van der Waals surface area contributed by atoms with E-state index in [0.29, 0.717) is 11.1 Å². The Morgan fingerprint density at radius 2 is 1.68 bits per heavy atom. The van der Waals surface area contributed by atoms with Crippen molar-refractivity contribution in [2.75, 3.05) is 0 Å². The van der Waals surface area contributed by atoms with Crippen LogP contribution in [0.4, 0.5) is 0 Å². The molecule has 0 amide bonds. The van der Waals surface area contributed by atoms with Crippen LogP contribution >= 0.6 is 7.60 Å². The molecule has 2 aromatic carbocycles. The first-order valence-electron chi connectivity index (χ1n) is 8.42. The van der Waals surface area contributed by atoms with E-state index < -0.39 is 7.60 Å². The van der Waals surface area contributed by atoms with Crippen LogP contribution in [0.1, 0.15) is 29.2 Å². The van der Waals surface area contributed by atoms with Crippen molar-refractivity contribution >= 4 is 25.5 Å². The van der Waals surface area contributed by atoms with Crippen LogP contribution in [0, 0.1) is 0 Å². The summed E-state index contributed by atoms with van der Waals surface area (Å²) in [5.74, 6) is 0.496. The summed E-state index contributed by atoms with van der Waals surface area (Å²) < 4.78 is 19.0. The fraction of sp³-hybridized carbons (Fsp3) is 0.143. The molecule has 1 N–H and O–H groups in total. The average Bonchev–Trinajstić information content (AvgIpc) is 3.14. The molecule has 2 unspecified atom stereocenters. The van der Waals surface area contributed by atoms with E-state index in [2.05, 4.69) is 0 Å². The molecule has 0 aliphatic heterocycles. The number of hydrogen-bond donors (Lipinski definition) is 1. The van der Waals surface area contributed by atoms with Crippen molar-refractivity contribution in [3.63, 3.8) is 0 Å². The number of allylic oxidation sites excluding steroid dienone is 2. The first-order valence-corrected chi connectivity index (χ1v) is 10.9. The zero-order valence-corrected chi connectivity index (χ0v) is 19.3. The van der Waals surface area contributed by atoms with Crippen LogP contribution in [0.25, 0.3) is 17.9 Å². The zero-order chi connectivity index (χ0) is 18.5. The SMILES string of the molecule is CC(C)=C1C=c2ccccc2=C1OP(=O)(O)C1=Cc2ccccc2[CH]1[Ti+2].[Cl-].[Cl-]. The van der Waals surface area contributed by atoms with Crippen LogP contribution in [0.2, 0.25) is 0 Å². The van der Waals surface area contributed by atoms with Gasteiger partial charge < -0.3 is 24.8 Å². The minimum absolute atomic E-state index is 0. The first kappa shape index (κ1) is 23.2. The maximum atomic E-state index is 13.2. The van der Waals surface area contributed by atoms with Crippen LogP contribution in [0.5, 0.6) is 0 Å². The van der Waals surface area contributed by atoms with Crippen molar-refractivity contribution in [2.45, 2.75) is 18.1 Å². The topological polar surface area (TPSA) is 46.5 Å². The quantitative estimate of drug-likeness (QED) is 0.411. The van der Waals surface area contributed by atoms with Gasteiger partial charge in [-0.2, -0.15) is 0 Å². The molecule has 0 radical (unpaired) electrons. The number of halogens is 2. The third kappa shape index (κ3) is 3.98. The molecule has 4 rings (SSSR count). The van der Waals surface area contributed by atoms with E-state index in [0.717, 1.165) is 32.7 Å². The summed E-state index contributed by atoms with van der Waals surface area (Å²) in [5.41, 5.74) is 3.97. The Bertz CT molecular complexity index is 1150. The fourth-order valence-corrected chi connectivity index (χ4v) is 6.02. The van der Waals surface area contributed by atoms with E-state index in [-0.39, 0.29) is 29.0 Å². The molecule has 2 aliphatic rings. The minimum Gasteiger partial charge on any atom is -1.00 e. The molecule has 2 aliphatic carbocycles. The number of rotatable bonds is 3. The standard InChI is InChI=1S/C21H18O3P.2ClH.Ti/c1-14(2)20-13-17-9-5-6-10-19(17)21(20)24-25(22,23)18-11-15-7-3-4-8-16(15)12-18;;;/h3-13H,1-2H3,(H,22,23);2*1H;/q;;;+2/p-2. The molecule has 28 heavy (non-hydrogen) atoms. The van der Waals surface area contributed by atoms with E-state index in [4.69, 9.17) is 4.52 Å². The van der Waals surface area contributed by atoms with E-state index in [9.17, 15) is 9.46 Å². The largest absolute Gasteiger partial charge is 1.00 e. The van der Waals surface area contributed by atoms with E-state index >= 15 is 0 Å². The van der Waals surface area contributed by atoms with Gasteiger partial charge in [0, 0.05) is 0 Å². The Balaban J connectivity index is 0.00000140. The predicted octanol–water partition coefficient (Wildman–Crippen LogP) is -2.22. The molecule has 0 bridgehead atoms. The van der Waals surface area contributed by atoms with E-state index in [1.165, 1.54) is 0 Å². The summed E-state index contributed by atoms with van der Waals surface area (Å²) in [4.78, 5) is 10.9. The van der Waals surface area contributed by atoms with Crippen molar-refractivity contribution in [1.29, 1.82) is 0 Å². The van der Waals surface area contributed by atoms with Gasteiger partial charge in [-0.05, 0) is 0 Å². The van der Waals surface area contributed by atoms with Crippen LogP contribution in [-0.2, 0) is 29.5 Å². The van der Waals surface area contributed by atoms with E-state index in [1.54, 1.807) is 6.08 Å². The molecule has 2 atom stereocenters. The average molecular weight is 468 g/mol. The molecule has 7 heteroatoms. The Hall–Kier alpha value is -1.06. The summed E-state index contributed by atoms with van der Waals surface area (Å²) in [5, 5.41) is 2.32. The van der Waals surface area contributed by atoms with Gasteiger partial charge in [-0.15, -0.1) is 0 Å². The molecular formula is C21H18Cl2O3PTi. The van der Waals surface area contributed by atoms with Crippen LogP contribution in [0.3, 0.4) is 0 Å². The van der Waals surface area contributed by atoms with Crippen molar-refractivity contribution < 1.29 is 59.2 Å². The molecule has 0 aromatic heterocycles. The predicted molar refractivity (Wildman–Crippen MR) is 100 cm³/mol. The summed E-state index contributed by atoms with van der Waals surface area (Å²) in [6.07, 6.45) is 3.81. The molecule has 0 saturated carbocycles. The summed E-state index contributed by atoms with van der Waals surface area (Å²) in [7, 11) is -3.99. The third-order valence-electron chi connectivity index (χ3n) is 4.74. The molecule has 0 fully saturated rings. The molecule has 3 nitrogen and oxygen atoms in total. The fourth-order valence-electron chi connectivity index (χ4n) is 3.39. The van der Waals surface area contributed by atoms with Gasteiger partial charge >= 0.3 is 165 Å². The molecule has 143 valence electrons. The van der Waals surface area contributed by atoms with Crippen LogP contribution in [-0.4, -0.2) is 4.89 Å². The maximum Gasteiger partial charge on any atom is -1.00 e. The number of benzene rings is 2. The summed E-state index contributed by atoms with van der Waals surface area (Å²) in [6.45, 7) is 3.97. The number of fused-ring (bicyclic) bond motifs is 2. The molecule has 0 spiro atoms. The Morgan fingerprint density at radius 3 is 2.36 bits per heavy atom. The van der Waals surface area contributed by atoms with Crippen molar-refractivity contribution in [1.82, 2.24) is 0 Å². The summed E-state index contributed by atoms with van der Waals surface area (Å²) >= 11 is 1.95. The zero-order valence-electron chi connectivity index (χ0n) is 15.3. The van der Waals surface area contributed by atoms with E-state index in [1.807, 2.05) is 88.9 Å². The van der Waals surface area contributed by atoms with Gasteiger partial charge in [0.05, 0.1) is 0 Å². The van der Waals surface area contributed by atoms with Gasteiger partial charge in [0.2, 0.25) is 0 Å². The van der Waals surface area contributed by atoms with Crippen molar-refractivity contribution in [3.05, 3.63) is 86.6 Å². The Labute approximate surface area is 188 Å². The third-order valence-corrected chi connectivity index (χ3v) is 7.56. The minimum atomic E-state index is -3.99. The maximum absolute atomic E-state index is 13.2. The van der Waals surface area contributed by atoms with Crippen LogP contribution in [0.15, 0.2) is 65.0 Å². The second-order valence-corrected chi connectivity index (χ2v) is 9.36. The van der Waals surface area contributed by atoms with Gasteiger partial charge in [0.25, 0.3) is 0 Å². The summed E-state index contributed by atoms with van der Waals surface area (Å²) in [6, 6.07) is 15.6. The second-order valence-electron chi connectivity index (χ2n) is 6.72. The number of hydrogen-bond acceptors (Lipinski definition) is 2. The molecule has 0 heterocycles. The van der Waals surface area contributed by atoms with Crippen molar-refractivity contribution in [3.8, 4) is 0 Å². The van der Waals surface area contributed by atoms with Gasteiger partial charge in [0.1, 0.15) is 0 Å². The van der Waals surface area contributed by atoms with Gasteiger partial charge in [-0.25, -0.2) is 0 Å². The smallest absolute Gasteiger partial charge is 1.00 e. The van der Waals surface area contributed by atoms with Gasteiger partial charge in [-0.1, -0.05) is 0 Å². The normalized spacial score (nSPS) is 18.6. The monoisotopic (exact) mass is 467 g/mol. The van der Waals surface area contributed by atoms with Gasteiger partial charge in [0.15, 0.2) is 0 Å². The van der Waals surface area contributed by atoms with Crippen molar-refractivity contribution in [2.24, 2.45) is 0 Å².